The van der Waals surface area contributed by atoms with Crippen LogP contribution in [0.2, 0.25) is 0 Å². The number of sulfone groups is 1. The summed E-state index contributed by atoms with van der Waals surface area (Å²) in [4.78, 5) is 23.3. The van der Waals surface area contributed by atoms with E-state index in [4.69, 9.17) is 23.7 Å². The molecule has 3 heterocycles. The van der Waals surface area contributed by atoms with Crippen LogP contribution in [0.25, 0.3) is 11.3 Å². The van der Waals surface area contributed by atoms with Gasteiger partial charge < -0.3 is 28.7 Å². The third-order valence-corrected chi connectivity index (χ3v) is 6.30. The first-order valence-electron chi connectivity index (χ1n) is 11.3. The van der Waals surface area contributed by atoms with E-state index in [0.717, 1.165) is 17.5 Å². The van der Waals surface area contributed by atoms with Crippen LogP contribution in [0.5, 0.6) is 17.2 Å². The Kier molecular flexibility index (Phi) is 7.79. The van der Waals surface area contributed by atoms with Crippen molar-refractivity contribution in [3.63, 3.8) is 0 Å². The number of methoxy groups -OCH3 is 2. The van der Waals surface area contributed by atoms with Crippen molar-refractivity contribution in [3.8, 4) is 28.5 Å². The number of carbonyl (C=O) groups is 1. The molecule has 37 heavy (non-hydrogen) atoms. The number of aliphatic imine (C=N–C) groups is 1. The molecular weight excluding hydrogens is 502 g/mol. The zero-order valence-corrected chi connectivity index (χ0v) is 21.6. The normalized spacial score (nSPS) is 16.0. The van der Waals surface area contributed by atoms with Gasteiger partial charge in [-0.15, -0.1) is 0 Å². The average Bonchev–Trinajstić information content (AvgIpc) is 3.53. The Morgan fingerprint density at radius 1 is 1.11 bits per heavy atom. The number of benzene rings is 1. The highest BCUT2D eigenvalue weighted by atomic mass is 32.2. The Bertz CT molecular complexity index is 1400. The number of aromatic amines is 1. The molecule has 1 aromatic carbocycles. The van der Waals surface area contributed by atoms with Gasteiger partial charge in [-0.2, -0.15) is 0 Å². The molecule has 1 aliphatic rings. The second-order valence-electron chi connectivity index (χ2n) is 8.35. The minimum atomic E-state index is -3.42. The SMILES string of the molecule is COC[C@H](C)Oc1cc(Oc2ccc(S(C)(=O)=O)nc2)cc(-c2ccc(C3=N[C@H](C(=O)OC)CO3)[nH]2)c1. The number of nitrogens with zero attached hydrogens (tertiary/aromatic N) is 2. The molecule has 0 unspecified atom stereocenters. The molecule has 1 aliphatic heterocycles. The lowest BCUT2D eigenvalue weighted by atomic mass is 10.1. The molecule has 196 valence electrons. The van der Waals surface area contributed by atoms with Crippen LogP contribution in [-0.4, -0.2) is 76.1 Å². The fourth-order valence-corrected chi connectivity index (χ4v) is 4.16. The van der Waals surface area contributed by atoms with Crippen molar-refractivity contribution < 1.29 is 36.9 Å². The third kappa shape index (κ3) is 6.46. The predicted octanol–water partition coefficient (Wildman–Crippen LogP) is 3.00. The van der Waals surface area contributed by atoms with Gasteiger partial charge in [0.25, 0.3) is 0 Å². The molecule has 0 saturated heterocycles. The molecule has 11 nitrogen and oxygen atoms in total. The Labute approximate surface area is 214 Å². The fourth-order valence-electron chi connectivity index (χ4n) is 3.60. The Balaban J connectivity index is 1.63. The van der Waals surface area contributed by atoms with E-state index in [1.165, 1.54) is 25.4 Å². The topological polar surface area (TPSA) is 138 Å². The lowest BCUT2D eigenvalue weighted by molar-refractivity contribution is -0.142. The first-order valence-corrected chi connectivity index (χ1v) is 13.2. The highest BCUT2D eigenvalue weighted by molar-refractivity contribution is 7.90. The van der Waals surface area contributed by atoms with Gasteiger partial charge >= 0.3 is 5.97 Å². The zero-order valence-electron chi connectivity index (χ0n) is 20.8. The molecule has 0 fully saturated rings. The van der Waals surface area contributed by atoms with E-state index >= 15 is 0 Å². The van der Waals surface area contributed by atoms with Crippen molar-refractivity contribution in [2.75, 3.05) is 33.7 Å². The lowest BCUT2D eigenvalue weighted by Crippen LogP contribution is -2.21. The molecule has 0 saturated carbocycles. The maximum absolute atomic E-state index is 11.8. The quantitative estimate of drug-likeness (QED) is 0.393. The molecule has 0 bridgehead atoms. The Hall–Kier alpha value is -3.90. The van der Waals surface area contributed by atoms with Gasteiger partial charge in [-0.1, -0.05) is 0 Å². The number of ether oxygens (including phenoxy) is 5. The van der Waals surface area contributed by atoms with Crippen molar-refractivity contribution >= 4 is 21.7 Å². The number of nitrogens with one attached hydrogen (secondary N) is 1. The lowest BCUT2D eigenvalue weighted by Gasteiger charge is -2.16. The predicted molar refractivity (Wildman–Crippen MR) is 134 cm³/mol. The van der Waals surface area contributed by atoms with Gasteiger partial charge in [0.05, 0.1) is 19.9 Å². The van der Waals surface area contributed by atoms with Gasteiger partial charge in [-0.25, -0.2) is 23.2 Å². The molecular formula is C25H27N3O8S. The van der Waals surface area contributed by atoms with Crippen LogP contribution in [0.4, 0.5) is 0 Å². The first-order chi connectivity index (χ1) is 17.7. The zero-order chi connectivity index (χ0) is 26.6. The van der Waals surface area contributed by atoms with Crippen molar-refractivity contribution in [3.05, 3.63) is 54.4 Å². The van der Waals surface area contributed by atoms with Crippen LogP contribution >= 0.6 is 0 Å². The summed E-state index contributed by atoms with van der Waals surface area (Å²) in [7, 11) is -0.523. The van der Waals surface area contributed by atoms with Gasteiger partial charge in [0.15, 0.2) is 20.9 Å². The smallest absolute Gasteiger partial charge is 0.334 e. The van der Waals surface area contributed by atoms with Crippen LogP contribution in [0.3, 0.4) is 0 Å². The van der Waals surface area contributed by atoms with E-state index < -0.39 is 21.8 Å². The summed E-state index contributed by atoms with van der Waals surface area (Å²) >= 11 is 0. The minimum Gasteiger partial charge on any atom is -0.488 e. The molecule has 4 rings (SSSR count). The highest BCUT2D eigenvalue weighted by Crippen LogP contribution is 2.33. The fraction of sp³-hybridized carbons (Fsp3) is 0.320. The third-order valence-electron chi connectivity index (χ3n) is 5.30. The number of esters is 1. The molecule has 3 aromatic rings. The van der Waals surface area contributed by atoms with Crippen molar-refractivity contribution in [2.45, 2.75) is 24.1 Å². The van der Waals surface area contributed by atoms with E-state index in [1.54, 1.807) is 25.3 Å². The van der Waals surface area contributed by atoms with E-state index in [9.17, 15) is 13.2 Å². The monoisotopic (exact) mass is 529 g/mol. The summed E-state index contributed by atoms with van der Waals surface area (Å²) in [6.07, 6.45) is 2.21. The average molecular weight is 530 g/mol. The molecule has 2 aromatic heterocycles. The van der Waals surface area contributed by atoms with Crippen LogP contribution in [0.15, 0.2) is 58.7 Å². The van der Waals surface area contributed by atoms with Crippen LogP contribution in [0, 0.1) is 0 Å². The summed E-state index contributed by atoms with van der Waals surface area (Å²) < 4.78 is 50.8. The van der Waals surface area contributed by atoms with Gasteiger partial charge in [-0.3, -0.25) is 0 Å². The molecule has 2 atom stereocenters. The number of hydrogen-bond donors (Lipinski definition) is 1. The van der Waals surface area contributed by atoms with Crippen LogP contribution < -0.4 is 9.47 Å². The molecule has 1 N–H and O–H groups in total. The number of H-pyrrole nitrogens is 1. The summed E-state index contributed by atoms with van der Waals surface area (Å²) in [6.45, 7) is 2.38. The number of hydrogen-bond acceptors (Lipinski definition) is 10. The van der Waals surface area contributed by atoms with Gasteiger partial charge in [0, 0.05) is 30.7 Å². The molecule has 0 aliphatic carbocycles. The van der Waals surface area contributed by atoms with Gasteiger partial charge in [0.2, 0.25) is 5.90 Å². The summed E-state index contributed by atoms with van der Waals surface area (Å²) in [6, 6.07) is 11.2. The number of pyridine rings is 1. The Morgan fingerprint density at radius 3 is 2.54 bits per heavy atom. The summed E-state index contributed by atoms with van der Waals surface area (Å²) in [5.74, 6) is 1.20. The van der Waals surface area contributed by atoms with Crippen molar-refractivity contribution in [2.24, 2.45) is 4.99 Å². The van der Waals surface area contributed by atoms with E-state index in [0.29, 0.717) is 35.4 Å². The first kappa shape index (κ1) is 26.2. The molecule has 12 heteroatoms. The maximum atomic E-state index is 11.8. The Morgan fingerprint density at radius 2 is 1.86 bits per heavy atom. The van der Waals surface area contributed by atoms with E-state index in [-0.39, 0.29) is 17.7 Å². The molecule has 0 amide bonds. The number of carbonyl (C=O) groups excluding carboxylic acids is 1. The van der Waals surface area contributed by atoms with Crippen LogP contribution in [-0.2, 0) is 28.8 Å². The van der Waals surface area contributed by atoms with Gasteiger partial charge in [0.1, 0.15) is 35.7 Å². The van der Waals surface area contributed by atoms with E-state index in [1.807, 2.05) is 19.1 Å². The highest BCUT2D eigenvalue weighted by Gasteiger charge is 2.28. The molecule has 0 spiro atoms. The minimum absolute atomic E-state index is 0.0450. The summed E-state index contributed by atoms with van der Waals surface area (Å²) in [5, 5.41) is -0.0450. The van der Waals surface area contributed by atoms with Crippen LogP contribution in [0.1, 0.15) is 12.6 Å². The second-order valence-corrected chi connectivity index (χ2v) is 10.3. The second kappa shape index (κ2) is 11.0. The van der Waals surface area contributed by atoms with Crippen molar-refractivity contribution in [1.29, 1.82) is 0 Å². The maximum Gasteiger partial charge on any atom is 0.334 e. The summed E-state index contributed by atoms with van der Waals surface area (Å²) in [5.41, 5.74) is 2.07. The largest absolute Gasteiger partial charge is 0.488 e. The van der Waals surface area contributed by atoms with Gasteiger partial charge in [-0.05, 0) is 43.3 Å². The number of rotatable bonds is 10. The van der Waals surface area contributed by atoms with Crippen molar-refractivity contribution in [1.82, 2.24) is 9.97 Å². The van der Waals surface area contributed by atoms with E-state index in [2.05, 4.69) is 15.0 Å². The molecule has 0 radical (unpaired) electrons. The standard InChI is InChI=1S/C25H27N3O8S/c1-15(13-32-2)35-18-9-16(10-19(11-18)36-17-5-8-23(26-12-17)37(4,30)31)20-6-7-21(27-20)24-28-22(14-34-24)25(29)33-3/h5-12,15,22,27H,13-14H2,1-4H3/t15-,22-/m0/s1. The number of aromatic nitrogens is 2.